The number of anilines is 1. The van der Waals surface area contributed by atoms with Gasteiger partial charge in [-0.2, -0.15) is 9.97 Å². The number of pyridine rings is 1. The molecule has 0 saturated heterocycles. The summed E-state index contributed by atoms with van der Waals surface area (Å²) in [5.41, 5.74) is 1.02. The van der Waals surface area contributed by atoms with Crippen molar-refractivity contribution < 1.29 is 4.79 Å². The van der Waals surface area contributed by atoms with E-state index in [9.17, 15) is 4.79 Å². The fraction of sp³-hybridized carbons (Fsp3) is 0. The first-order chi connectivity index (χ1) is 9.63. The Kier molecular flexibility index (Phi) is 3.21. The van der Waals surface area contributed by atoms with Crippen molar-refractivity contribution in [2.75, 3.05) is 5.32 Å². The van der Waals surface area contributed by atoms with Crippen molar-refractivity contribution in [3.63, 3.8) is 0 Å². The quantitative estimate of drug-likeness (QED) is 0.559. The highest BCUT2D eigenvalue weighted by atomic mass is 35.5. The van der Waals surface area contributed by atoms with E-state index in [1.54, 1.807) is 12.1 Å². The molecule has 3 aromatic rings. The van der Waals surface area contributed by atoms with Crippen molar-refractivity contribution in [3.05, 3.63) is 40.5 Å². The van der Waals surface area contributed by atoms with Crippen molar-refractivity contribution in [2.24, 2.45) is 0 Å². The Morgan fingerprint density at radius 1 is 1.20 bits per heavy atom. The Bertz CT molecular complexity index is 802. The molecule has 0 unspecified atom stereocenters. The molecule has 0 saturated carbocycles. The predicted octanol–water partition coefficient (Wildman–Crippen LogP) is 2.31. The highest BCUT2D eigenvalue weighted by Crippen LogP contribution is 2.18. The summed E-state index contributed by atoms with van der Waals surface area (Å²) in [6.45, 7) is 0. The number of aromatic amines is 1. The van der Waals surface area contributed by atoms with E-state index in [4.69, 9.17) is 23.2 Å². The van der Waals surface area contributed by atoms with E-state index in [0.717, 1.165) is 0 Å². The van der Waals surface area contributed by atoms with Gasteiger partial charge in [0.2, 0.25) is 5.95 Å². The first-order valence-corrected chi connectivity index (χ1v) is 6.19. The number of nitrogens with one attached hydrogen (secondary N) is 2. The lowest BCUT2D eigenvalue weighted by Crippen LogP contribution is -2.15. The van der Waals surface area contributed by atoms with Crippen LogP contribution in [-0.4, -0.2) is 30.8 Å². The molecule has 1 amide bonds. The smallest absolute Gasteiger partial charge is 0.276 e. The topological polar surface area (TPSA) is 96.5 Å². The van der Waals surface area contributed by atoms with Gasteiger partial charge in [-0.05, 0) is 12.1 Å². The molecule has 0 radical (unpaired) electrons. The monoisotopic (exact) mass is 308 g/mol. The van der Waals surface area contributed by atoms with Gasteiger partial charge in [0.05, 0.1) is 6.33 Å². The molecule has 0 aliphatic carbocycles. The average Bonchev–Trinajstić information content (AvgIpc) is 2.87. The first kappa shape index (κ1) is 12.8. The number of halogens is 2. The fourth-order valence-electron chi connectivity index (χ4n) is 1.55. The largest absolute Gasteiger partial charge is 0.341 e. The maximum Gasteiger partial charge on any atom is 0.276 e. The standard InChI is InChI=1S/C11H6Cl2N6O/c12-6-3-1-2-5(16-6)10(20)19-11-17-8(13)7-9(18-11)15-4-14-7/h1-4H,(H2,14,15,17,18,19,20). The van der Waals surface area contributed by atoms with Crippen LogP contribution in [0.15, 0.2) is 24.5 Å². The highest BCUT2D eigenvalue weighted by molar-refractivity contribution is 6.33. The second-order valence-corrected chi connectivity index (χ2v) is 4.48. The van der Waals surface area contributed by atoms with Gasteiger partial charge in [0.25, 0.3) is 5.91 Å². The van der Waals surface area contributed by atoms with E-state index in [-0.39, 0.29) is 21.9 Å². The van der Waals surface area contributed by atoms with Gasteiger partial charge in [-0.1, -0.05) is 29.3 Å². The minimum atomic E-state index is -0.488. The molecule has 0 atom stereocenters. The van der Waals surface area contributed by atoms with Crippen molar-refractivity contribution in [1.29, 1.82) is 0 Å². The summed E-state index contributed by atoms with van der Waals surface area (Å²) >= 11 is 11.7. The van der Waals surface area contributed by atoms with Crippen molar-refractivity contribution >= 4 is 46.2 Å². The van der Waals surface area contributed by atoms with Gasteiger partial charge in [-0.15, -0.1) is 0 Å². The zero-order valence-corrected chi connectivity index (χ0v) is 11.3. The van der Waals surface area contributed by atoms with E-state index >= 15 is 0 Å². The van der Waals surface area contributed by atoms with Crippen LogP contribution in [0.4, 0.5) is 5.95 Å². The summed E-state index contributed by atoms with van der Waals surface area (Å²) in [6, 6.07) is 4.71. The summed E-state index contributed by atoms with van der Waals surface area (Å²) < 4.78 is 0. The van der Waals surface area contributed by atoms with Crippen LogP contribution in [-0.2, 0) is 0 Å². The van der Waals surface area contributed by atoms with Gasteiger partial charge >= 0.3 is 0 Å². The van der Waals surface area contributed by atoms with Crippen LogP contribution >= 0.6 is 23.2 Å². The number of aromatic nitrogens is 5. The summed E-state index contributed by atoms with van der Waals surface area (Å²) in [5.74, 6) is -0.445. The molecule has 2 N–H and O–H groups in total. The molecule has 0 fully saturated rings. The molecule has 0 aromatic carbocycles. The number of carbonyl (C=O) groups excluding carboxylic acids is 1. The van der Waals surface area contributed by atoms with Crippen LogP contribution in [0.2, 0.25) is 10.3 Å². The number of hydrogen-bond acceptors (Lipinski definition) is 5. The van der Waals surface area contributed by atoms with E-state index in [2.05, 4.69) is 30.2 Å². The summed E-state index contributed by atoms with van der Waals surface area (Å²) in [4.78, 5) is 30.6. The fourth-order valence-corrected chi connectivity index (χ4v) is 1.94. The number of imidazole rings is 1. The lowest BCUT2D eigenvalue weighted by molar-refractivity contribution is 0.102. The minimum Gasteiger partial charge on any atom is -0.341 e. The maximum atomic E-state index is 12.0. The lowest BCUT2D eigenvalue weighted by atomic mass is 10.3. The number of H-pyrrole nitrogens is 1. The Morgan fingerprint density at radius 2 is 2.05 bits per heavy atom. The van der Waals surface area contributed by atoms with Gasteiger partial charge in [0.1, 0.15) is 16.4 Å². The molecule has 20 heavy (non-hydrogen) atoms. The predicted molar refractivity (Wildman–Crippen MR) is 73.9 cm³/mol. The molecule has 0 bridgehead atoms. The summed E-state index contributed by atoms with van der Waals surface area (Å²) in [6.07, 6.45) is 1.44. The molecular weight excluding hydrogens is 303 g/mol. The third-order valence-electron chi connectivity index (χ3n) is 2.41. The molecule has 0 spiro atoms. The minimum absolute atomic E-state index is 0.0429. The molecule has 0 aliphatic rings. The van der Waals surface area contributed by atoms with Crippen LogP contribution in [0.3, 0.4) is 0 Å². The number of nitrogens with zero attached hydrogens (tertiary/aromatic N) is 4. The van der Waals surface area contributed by atoms with Crippen LogP contribution in [0.1, 0.15) is 10.5 Å². The van der Waals surface area contributed by atoms with Crippen molar-refractivity contribution in [2.45, 2.75) is 0 Å². The zero-order chi connectivity index (χ0) is 14.1. The van der Waals surface area contributed by atoms with E-state index in [0.29, 0.717) is 11.2 Å². The van der Waals surface area contributed by atoms with Crippen LogP contribution in [0, 0.1) is 0 Å². The lowest BCUT2D eigenvalue weighted by Gasteiger charge is -2.03. The first-order valence-electron chi connectivity index (χ1n) is 5.44. The maximum absolute atomic E-state index is 12.0. The summed E-state index contributed by atoms with van der Waals surface area (Å²) in [7, 11) is 0. The van der Waals surface area contributed by atoms with Crippen LogP contribution < -0.4 is 5.32 Å². The van der Waals surface area contributed by atoms with Crippen LogP contribution in [0.25, 0.3) is 11.2 Å². The second-order valence-electron chi connectivity index (χ2n) is 3.74. The number of rotatable bonds is 2. The molecular formula is C11H6Cl2N6O. The zero-order valence-electron chi connectivity index (χ0n) is 9.76. The van der Waals surface area contributed by atoms with Crippen LogP contribution in [0.5, 0.6) is 0 Å². The SMILES string of the molecule is O=C(Nc1nc(Cl)c2[nH]cnc2n1)c1cccc(Cl)n1. The normalized spacial score (nSPS) is 10.7. The number of amides is 1. The molecule has 3 heterocycles. The number of hydrogen-bond donors (Lipinski definition) is 2. The van der Waals surface area contributed by atoms with Gasteiger partial charge in [-0.3, -0.25) is 10.1 Å². The van der Waals surface area contributed by atoms with E-state index < -0.39 is 5.91 Å². The third kappa shape index (κ3) is 2.40. The molecule has 0 aliphatic heterocycles. The highest BCUT2D eigenvalue weighted by Gasteiger charge is 2.13. The molecule has 9 heteroatoms. The molecule has 3 rings (SSSR count). The van der Waals surface area contributed by atoms with E-state index in [1.165, 1.54) is 12.4 Å². The van der Waals surface area contributed by atoms with Crippen molar-refractivity contribution in [3.8, 4) is 0 Å². The van der Waals surface area contributed by atoms with Gasteiger partial charge in [0, 0.05) is 0 Å². The average molecular weight is 309 g/mol. The Labute approximate surface area is 122 Å². The summed E-state index contributed by atoms with van der Waals surface area (Å²) in [5, 5.41) is 2.88. The Balaban J connectivity index is 1.91. The van der Waals surface area contributed by atoms with Gasteiger partial charge < -0.3 is 4.98 Å². The third-order valence-corrected chi connectivity index (χ3v) is 2.90. The van der Waals surface area contributed by atoms with Crippen molar-refractivity contribution in [1.82, 2.24) is 24.9 Å². The Hall–Kier alpha value is -2.25. The number of carbonyl (C=O) groups is 1. The number of fused-ring (bicyclic) bond motifs is 1. The van der Waals surface area contributed by atoms with Gasteiger partial charge in [-0.25, -0.2) is 9.97 Å². The molecule has 100 valence electrons. The Morgan fingerprint density at radius 3 is 2.85 bits per heavy atom. The van der Waals surface area contributed by atoms with Gasteiger partial charge in [0.15, 0.2) is 10.8 Å². The molecule has 7 nitrogen and oxygen atoms in total. The van der Waals surface area contributed by atoms with E-state index in [1.807, 2.05) is 0 Å². The second kappa shape index (κ2) is 5.03. The molecule has 3 aromatic heterocycles.